The molecule has 0 bridgehead atoms. The topological polar surface area (TPSA) is 64.7 Å². The van der Waals surface area contributed by atoms with E-state index < -0.39 is 6.10 Å². The summed E-state index contributed by atoms with van der Waals surface area (Å²) >= 11 is 6.00. The Labute approximate surface area is 92.5 Å². The minimum atomic E-state index is -0.799. The molecule has 2 unspecified atom stereocenters. The lowest BCUT2D eigenvalue weighted by Gasteiger charge is -2.16. The molecule has 2 rings (SSSR count). The third kappa shape index (κ3) is 1.88. The molecule has 0 spiro atoms. The molecule has 0 fully saturated rings. The van der Waals surface area contributed by atoms with Crippen molar-refractivity contribution in [3.05, 3.63) is 22.7 Å². The summed E-state index contributed by atoms with van der Waals surface area (Å²) < 4.78 is 10.3. The van der Waals surface area contributed by atoms with Crippen LogP contribution in [0, 0.1) is 0 Å². The van der Waals surface area contributed by atoms with Gasteiger partial charge in [-0.2, -0.15) is 0 Å². The van der Waals surface area contributed by atoms with Crippen molar-refractivity contribution in [1.82, 2.24) is 0 Å². The van der Waals surface area contributed by atoms with Crippen LogP contribution < -0.4 is 15.2 Å². The first-order valence-corrected chi connectivity index (χ1v) is 5.00. The Kier molecular flexibility index (Phi) is 2.73. The van der Waals surface area contributed by atoms with Crippen molar-refractivity contribution in [3.63, 3.8) is 0 Å². The van der Waals surface area contributed by atoms with Gasteiger partial charge in [0.25, 0.3) is 0 Å². The molecule has 1 aromatic rings. The number of hydrogen-bond acceptors (Lipinski definition) is 4. The van der Waals surface area contributed by atoms with Gasteiger partial charge in [-0.3, -0.25) is 0 Å². The summed E-state index contributed by atoms with van der Waals surface area (Å²) in [4.78, 5) is 0. The molecule has 0 saturated carbocycles. The van der Waals surface area contributed by atoms with Gasteiger partial charge in [0.2, 0.25) is 6.79 Å². The minimum Gasteiger partial charge on any atom is -0.454 e. The second kappa shape index (κ2) is 3.89. The van der Waals surface area contributed by atoms with Crippen LogP contribution in [0.4, 0.5) is 0 Å². The van der Waals surface area contributed by atoms with Gasteiger partial charge in [-0.25, -0.2) is 0 Å². The highest BCUT2D eigenvalue weighted by atomic mass is 35.5. The highest BCUT2D eigenvalue weighted by Crippen LogP contribution is 2.39. The van der Waals surface area contributed by atoms with E-state index in [0.29, 0.717) is 22.1 Å². The molecule has 1 aliphatic rings. The van der Waals surface area contributed by atoms with Gasteiger partial charge in [-0.05, 0) is 13.0 Å². The summed E-state index contributed by atoms with van der Waals surface area (Å²) in [6.45, 7) is 1.90. The van der Waals surface area contributed by atoms with Crippen LogP contribution in [0.1, 0.15) is 18.6 Å². The number of nitrogens with two attached hydrogens (primary N) is 1. The number of benzene rings is 1. The number of rotatable bonds is 2. The summed E-state index contributed by atoms with van der Waals surface area (Å²) in [6.07, 6.45) is -0.799. The van der Waals surface area contributed by atoms with Gasteiger partial charge < -0.3 is 20.3 Å². The maximum Gasteiger partial charge on any atom is 0.231 e. The summed E-state index contributed by atoms with van der Waals surface area (Å²) in [6, 6.07) is 2.91. The average molecular weight is 230 g/mol. The van der Waals surface area contributed by atoms with Crippen molar-refractivity contribution in [1.29, 1.82) is 0 Å². The molecular formula is C10H12ClNO3. The highest BCUT2D eigenvalue weighted by molar-refractivity contribution is 6.31. The zero-order valence-electron chi connectivity index (χ0n) is 8.24. The molecule has 1 aliphatic heterocycles. The van der Waals surface area contributed by atoms with Crippen molar-refractivity contribution < 1.29 is 14.6 Å². The minimum absolute atomic E-state index is 0.184. The van der Waals surface area contributed by atoms with E-state index in [2.05, 4.69) is 0 Å². The zero-order valence-corrected chi connectivity index (χ0v) is 8.99. The van der Waals surface area contributed by atoms with Gasteiger partial charge in [0, 0.05) is 17.7 Å². The van der Waals surface area contributed by atoms with Gasteiger partial charge in [-0.1, -0.05) is 11.6 Å². The first kappa shape index (κ1) is 10.5. The Morgan fingerprint density at radius 1 is 1.40 bits per heavy atom. The number of hydrogen-bond donors (Lipinski definition) is 2. The Morgan fingerprint density at radius 3 is 2.60 bits per heavy atom. The summed E-state index contributed by atoms with van der Waals surface area (Å²) in [7, 11) is 0. The largest absolute Gasteiger partial charge is 0.454 e. The fraction of sp³-hybridized carbons (Fsp3) is 0.400. The molecule has 0 aliphatic carbocycles. The highest BCUT2D eigenvalue weighted by Gasteiger charge is 2.22. The molecule has 15 heavy (non-hydrogen) atoms. The monoisotopic (exact) mass is 229 g/mol. The Hall–Kier alpha value is -0.970. The van der Waals surface area contributed by atoms with Crippen LogP contribution in [0.5, 0.6) is 11.5 Å². The molecule has 82 valence electrons. The normalized spacial score (nSPS) is 17.6. The van der Waals surface area contributed by atoms with Crippen LogP contribution in [0.2, 0.25) is 5.02 Å². The second-order valence-corrected chi connectivity index (χ2v) is 3.94. The molecule has 5 heteroatoms. The van der Waals surface area contributed by atoms with E-state index in [1.54, 1.807) is 19.1 Å². The first-order chi connectivity index (χ1) is 7.09. The van der Waals surface area contributed by atoms with Crippen molar-refractivity contribution >= 4 is 11.6 Å². The maximum absolute atomic E-state index is 9.80. The summed E-state index contributed by atoms with van der Waals surface area (Å²) in [5, 5.41) is 10.2. The lowest BCUT2D eigenvalue weighted by Crippen LogP contribution is -2.24. The quantitative estimate of drug-likeness (QED) is 0.806. The van der Waals surface area contributed by atoms with Gasteiger partial charge in [0.15, 0.2) is 11.5 Å². The smallest absolute Gasteiger partial charge is 0.231 e. The molecule has 0 aromatic heterocycles. The number of aliphatic hydroxyl groups is 1. The van der Waals surface area contributed by atoms with Crippen LogP contribution in [-0.2, 0) is 0 Å². The molecule has 1 heterocycles. The van der Waals surface area contributed by atoms with Crippen LogP contribution >= 0.6 is 11.6 Å². The molecule has 0 saturated heterocycles. The van der Waals surface area contributed by atoms with Crippen molar-refractivity contribution in [2.24, 2.45) is 5.73 Å². The Bertz CT molecular complexity index is 381. The number of aliphatic hydroxyl groups excluding tert-OH is 1. The van der Waals surface area contributed by atoms with Crippen molar-refractivity contribution in [2.45, 2.75) is 19.1 Å². The van der Waals surface area contributed by atoms with E-state index in [9.17, 15) is 5.11 Å². The standard InChI is InChI=1S/C10H12ClNO3/c1-5(12)10(13)6-2-8-9(3-7(6)11)15-4-14-8/h2-3,5,10,13H,4,12H2,1H3. The number of halogens is 1. The first-order valence-electron chi connectivity index (χ1n) is 4.62. The number of fused-ring (bicyclic) bond motifs is 1. The molecule has 2 atom stereocenters. The average Bonchev–Trinajstić information content (AvgIpc) is 2.62. The predicted molar refractivity (Wildman–Crippen MR) is 56.2 cm³/mol. The van der Waals surface area contributed by atoms with E-state index in [1.165, 1.54) is 0 Å². The SMILES string of the molecule is CC(N)C(O)c1cc2c(cc1Cl)OCO2. The van der Waals surface area contributed by atoms with E-state index in [1.807, 2.05) is 0 Å². The van der Waals surface area contributed by atoms with E-state index in [-0.39, 0.29) is 12.8 Å². The second-order valence-electron chi connectivity index (χ2n) is 3.53. The predicted octanol–water partition coefficient (Wildman–Crippen LogP) is 1.45. The van der Waals surface area contributed by atoms with Crippen LogP contribution in [0.25, 0.3) is 0 Å². The number of ether oxygens (including phenoxy) is 2. The lowest BCUT2D eigenvalue weighted by molar-refractivity contribution is 0.152. The zero-order chi connectivity index (χ0) is 11.0. The van der Waals surface area contributed by atoms with Gasteiger partial charge in [0.1, 0.15) is 0 Å². The Morgan fingerprint density at radius 2 is 2.00 bits per heavy atom. The molecular weight excluding hydrogens is 218 g/mol. The van der Waals surface area contributed by atoms with Crippen molar-refractivity contribution in [3.8, 4) is 11.5 Å². The molecule has 4 nitrogen and oxygen atoms in total. The lowest BCUT2D eigenvalue weighted by atomic mass is 10.0. The molecule has 0 radical (unpaired) electrons. The van der Waals surface area contributed by atoms with Crippen LogP contribution in [0.15, 0.2) is 12.1 Å². The van der Waals surface area contributed by atoms with E-state index in [0.717, 1.165) is 0 Å². The van der Waals surface area contributed by atoms with Crippen LogP contribution in [-0.4, -0.2) is 17.9 Å². The Balaban J connectivity index is 2.40. The molecule has 1 aromatic carbocycles. The van der Waals surface area contributed by atoms with Gasteiger partial charge in [-0.15, -0.1) is 0 Å². The fourth-order valence-corrected chi connectivity index (χ4v) is 1.71. The van der Waals surface area contributed by atoms with Gasteiger partial charge in [0.05, 0.1) is 11.1 Å². The van der Waals surface area contributed by atoms with E-state index in [4.69, 9.17) is 26.8 Å². The fourth-order valence-electron chi connectivity index (χ4n) is 1.44. The third-order valence-electron chi connectivity index (χ3n) is 2.31. The van der Waals surface area contributed by atoms with Crippen LogP contribution in [0.3, 0.4) is 0 Å². The summed E-state index contributed by atoms with van der Waals surface area (Å²) in [5.74, 6) is 1.19. The van der Waals surface area contributed by atoms with Crippen molar-refractivity contribution in [2.75, 3.05) is 6.79 Å². The van der Waals surface area contributed by atoms with E-state index >= 15 is 0 Å². The maximum atomic E-state index is 9.80. The third-order valence-corrected chi connectivity index (χ3v) is 2.64. The summed E-state index contributed by atoms with van der Waals surface area (Å²) in [5.41, 5.74) is 6.17. The molecule has 0 amide bonds. The molecule has 3 N–H and O–H groups in total. The van der Waals surface area contributed by atoms with Gasteiger partial charge >= 0.3 is 0 Å².